The molecule has 0 spiro atoms. The van der Waals surface area contributed by atoms with Crippen molar-refractivity contribution in [2.24, 2.45) is 0 Å². The van der Waals surface area contributed by atoms with Crippen molar-refractivity contribution in [3.63, 3.8) is 0 Å². The van der Waals surface area contributed by atoms with E-state index in [2.05, 4.69) is 109 Å². The third-order valence-corrected chi connectivity index (χ3v) is 6.57. The minimum absolute atomic E-state index is 0.673. The number of ether oxygens (including phenoxy) is 2. The van der Waals surface area contributed by atoms with E-state index in [4.69, 9.17) is 9.47 Å². The van der Waals surface area contributed by atoms with Crippen molar-refractivity contribution in [3.8, 4) is 22.6 Å². The number of hydrogen-bond donors (Lipinski definition) is 0. The molecule has 0 aromatic heterocycles. The quantitative estimate of drug-likeness (QED) is 0.283. The summed E-state index contributed by atoms with van der Waals surface area (Å²) in [4.78, 5) is 0. The lowest BCUT2D eigenvalue weighted by Crippen LogP contribution is -2.34. The zero-order chi connectivity index (χ0) is 23.0. The Labute approximate surface area is 199 Å². The molecule has 0 aliphatic carbocycles. The van der Waals surface area contributed by atoms with Crippen LogP contribution in [-0.2, 0) is 5.60 Å². The maximum Gasteiger partial charge on any atom is 0.178 e. The molecule has 0 saturated carbocycles. The summed E-state index contributed by atoms with van der Waals surface area (Å²) in [7, 11) is 1.70. The van der Waals surface area contributed by atoms with Gasteiger partial charge in [-0.2, -0.15) is 0 Å². The van der Waals surface area contributed by atoms with Crippen molar-refractivity contribution in [3.05, 3.63) is 138 Å². The third-order valence-electron chi connectivity index (χ3n) is 6.57. The maximum atomic E-state index is 6.87. The highest BCUT2D eigenvalue weighted by Gasteiger charge is 2.36. The molecule has 164 valence electrons. The SMILES string of the molecule is COc1ccc2cc(-c3ccc4c(c3)OC(c3ccccc3)(c3ccccc3)C=C4)ccc2c1. The van der Waals surface area contributed by atoms with E-state index in [1.165, 1.54) is 5.39 Å². The lowest BCUT2D eigenvalue weighted by Gasteiger charge is -2.36. The van der Waals surface area contributed by atoms with Crippen LogP contribution >= 0.6 is 0 Å². The maximum absolute atomic E-state index is 6.87. The van der Waals surface area contributed by atoms with Crippen LogP contribution in [0.15, 0.2) is 121 Å². The van der Waals surface area contributed by atoms with E-state index in [0.29, 0.717) is 0 Å². The lowest BCUT2D eigenvalue weighted by atomic mass is 9.83. The summed E-state index contributed by atoms with van der Waals surface area (Å²) >= 11 is 0. The van der Waals surface area contributed by atoms with Gasteiger partial charge < -0.3 is 9.47 Å². The highest BCUT2D eigenvalue weighted by atomic mass is 16.5. The summed E-state index contributed by atoms with van der Waals surface area (Å²) in [5.41, 5.74) is 4.90. The van der Waals surface area contributed by atoms with E-state index in [0.717, 1.165) is 44.7 Å². The highest BCUT2D eigenvalue weighted by molar-refractivity contribution is 5.88. The number of methoxy groups -OCH3 is 1. The molecular formula is C32H24O2. The van der Waals surface area contributed by atoms with Crippen molar-refractivity contribution in [1.82, 2.24) is 0 Å². The number of benzene rings is 5. The van der Waals surface area contributed by atoms with Gasteiger partial charge in [0, 0.05) is 16.7 Å². The lowest BCUT2D eigenvalue weighted by molar-refractivity contribution is 0.161. The van der Waals surface area contributed by atoms with Gasteiger partial charge in [-0.05, 0) is 52.2 Å². The fraction of sp³-hybridized carbons (Fsp3) is 0.0625. The molecule has 6 rings (SSSR count). The largest absolute Gasteiger partial charge is 0.497 e. The minimum atomic E-state index is -0.673. The van der Waals surface area contributed by atoms with Gasteiger partial charge in [0.2, 0.25) is 0 Å². The van der Waals surface area contributed by atoms with Gasteiger partial charge in [-0.3, -0.25) is 0 Å². The molecule has 0 atom stereocenters. The Morgan fingerprint density at radius 2 is 1.24 bits per heavy atom. The van der Waals surface area contributed by atoms with Gasteiger partial charge in [0.1, 0.15) is 11.5 Å². The summed E-state index contributed by atoms with van der Waals surface area (Å²) in [5.74, 6) is 1.75. The summed E-state index contributed by atoms with van der Waals surface area (Å²) < 4.78 is 12.2. The molecule has 0 N–H and O–H groups in total. The second-order valence-corrected chi connectivity index (χ2v) is 8.58. The van der Waals surface area contributed by atoms with Crippen molar-refractivity contribution in [1.29, 1.82) is 0 Å². The van der Waals surface area contributed by atoms with Crippen molar-refractivity contribution in [2.75, 3.05) is 7.11 Å². The van der Waals surface area contributed by atoms with Crippen LogP contribution in [0.4, 0.5) is 0 Å². The van der Waals surface area contributed by atoms with Gasteiger partial charge in [-0.25, -0.2) is 0 Å². The monoisotopic (exact) mass is 440 g/mol. The Hall–Kier alpha value is -4.30. The Morgan fingerprint density at radius 1 is 0.618 bits per heavy atom. The molecule has 1 heterocycles. The van der Waals surface area contributed by atoms with Crippen LogP contribution in [0.1, 0.15) is 16.7 Å². The molecule has 0 fully saturated rings. The van der Waals surface area contributed by atoms with Crippen molar-refractivity contribution >= 4 is 16.8 Å². The zero-order valence-corrected chi connectivity index (χ0v) is 18.9. The standard InChI is InChI=1S/C32H24O2/c1-33-30-17-16-25-20-24(14-15-26(25)21-30)27-13-12-23-18-19-32(34-31(23)22-27,28-8-4-2-5-9-28)29-10-6-3-7-11-29/h2-22H,1H3. The molecule has 5 aromatic rings. The molecule has 0 amide bonds. The second kappa shape index (κ2) is 8.24. The van der Waals surface area contributed by atoms with Crippen LogP contribution in [0.25, 0.3) is 28.0 Å². The molecule has 0 saturated heterocycles. The van der Waals surface area contributed by atoms with E-state index in [9.17, 15) is 0 Å². The highest BCUT2D eigenvalue weighted by Crippen LogP contribution is 2.43. The van der Waals surface area contributed by atoms with E-state index in [1.54, 1.807) is 7.11 Å². The molecule has 2 heteroatoms. The van der Waals surface area contributed by atoms with Crippen LogP contribution < -0.4 is 9.47 Å². The summed E-state index contributed by atoms with van der Waals surface area (Å²) in [6.45, 7) is 0. The van der Waals surface area contributed by atoms with E-state index >= 15 is 0 Å². The second-order valence-electron chi connectivity index (χ2n) is 8.58. The molecule has 34 heavy (non-hydrogen) atoms. The van der Waals surface area contributed by atoms with Crippen LogP contribution in [-0.4, -0.2) is 7.11 Å². The molecular weight excluding hydrogens is 416 g/mol. The van der Waals surface area contributed by atoms with Crippen LogP contribution in [0, 0.1) is 0 Å². The van der Waals surface area contributed by atoms with Crippen LogP contribution in [0.3, 0.4) is 0 Å². The van der Waals surface area contributed by atoms with Gasteiger partial charge in [-0.15, -0.1) is 0 Å². The van der Waals surface area contributed by atoms with E-state index in [-0.39, 0.29) is 0 Å². The predicted molar refractivity (Wildman–Crippen MR) is 139 cm³/mol. The average molecular weight is 441 g/mol. The molecule has 0 unspecified atom stereocenters. The fourth-order valence-corrected chi connectivity index (χ4v) is 4.73. The van der Waals surface area contributed by atoms with Gasteiger partial charge in [-0.1, -0.05) is 97.1 Å². The minimum Gasteiger partial charge on any atom is -0.497 e. The number of fused-ring (bicyclic) bond motifs is 2. The molecule has 2 nitrogen and oxygen atoms in total. The van der Waals surface area contributed by atoms with Crippen LogP contribution in [0.5, 0.6) is 11.5 Å². The Balaban J connectivity index is 1.44. The molecule has 5 aromatic carbocycles. The predicted octanol–water partition coefficient (Wildman–Crippen LogP) is 7.86. The Bertz CT molecular complexity index is 1460. The Kier molecular flexibility index (Phi) is 4.92. The first-order valence-electron chi connectivity index (χ1n) is 11.5. The fourth-order valence-electron chi connectivity index (χ4n) is 4.73. The van der Waals surface area contributed by atoms with Gasteiger partial charge in [0.25, 0.3) is 0 Å². The molecule has 0 radical (unpaired) electrons. The first kappa shape index (κ1) is 20.3. The molecule has 1 aliphatic rings. The smallest absolute Gasteiger partial charge is 0.178 e. The average Bonchev–Trinajstić information content (AvgIpc) is 2.92. The topological polar surface area (TPSA) is 18.5 Å². The Morgan fingerprint density at radius 3 is 1.94 bits per heavy atom. The van der Waals surface area contributed by atoms with Crippen molar-refractivity contribution in [2.45, 2.75) is 5.60 Å². The first-order valence-corrected chi connectivity index (χ1v) is 11.5. The normalized spacial score (nSPS) is 13.8. The van der Waals surface area contributed by atoms with Crippen LogP contribution in [0.2, 0.25) is 0 Å². The zero-order valence-electron chi connectivity index (χ0n) is 18.9. The summed E-state index contributed by atoms with van der Waals surface area (Å²) in [6.07, 6.45) is 4.35. The van der Waals surface area contributed by atoms with E-state index < -0.39 is 5.60 Å². The summed E-state index contributed by atoms with van der Waals surface area (Å²) in [5, 5.41) is 2.34. The molecule has 1 aliphatic heterocycles. The first-order chi connectivity index (χ1) is 16.7. The van der Waals surface area contributed by atoms with Gasteiger partial charge >= 0.3 is 0 Å². The molecule has 0 bridgehead atoms. The van der Waals surface area contributed by atoms with Gasteiger partial charge in [0.05, 0.1) is 7.11 Å². The number of hydrogen-bond acceptors (Lipinski definition) is 2. The van der Waals surface area contributed by atoms with Gasteiger partial charge in [0.15, 0.2) is 5.60 Å². The third kappa shape index (κ3) is 3.45. The van der Waals surface area contributed by atoms with E-state index in [1.807, 2.05) is 18.2 Å². The van der Waals surface area contributed by atoms with Crippen molar-refractivity contribution < 1.29 is 9.47 Å². The number of rotatable bonds is 4. The summed E-state index contributed by atoms with van der Waals surface area (Å²) in [6, 6.07) is 40.0.